The standard InChI is InChI=1S/C12H18N2O2/c1-9(2)11-7-13-14(8-11)12(15)10-3-5-16-6-4-10/h7-10H,3-6H2,1-2H3. The first-order valence-corrected chi connectivity index (χ1v) is 5.85. The molecule has 2 rings (SSSR count). The molecule has 0 N–H and O–H groups in total. The molecular formula is C12H18N2O2. The maximum absolute atomic E-state index is 12.1. The Labute approximate surface area is 95.6 Å². The molecule has 0 radical (unpaired) electrons. The van der Waals surface area contributed by atoms with E-state index >= 15 is 0 Å². The molecule has 0 bridgehead atoms. The zero-order chi connectivity index (χ0) is 11.5. The second-order valence-electron chi connectivity index (χ2n) is 4.60. The van der Waals surface area contributed by atoms with Gasteiger partial charge < -0.3 is 4.74 Å². The van der Waals surface area contributed by atoms with E-state index in [0.717, 1.165) is 18.4 Å². The van der Waals surface area contributed by atoms with E-state index in [0.29, 0.717) is 19.1 Å². The highest BCUT2D eigenvalue weighted by Crippen LogP contribution is 2.18. The molecule has 0 atom stereocenters. The van der Waals surface area contributed by atoms with Crippen molar-refractivity contribution in [3.63, 3.8) is 0 Å². The molecule has 0 amide bonds. The summed E-state index contributed by atoms with van der Waals surface area (Å²) in [6, 6.07) is 0. The summed E-state index contributed by atoms with van der Waals surface area (Å²) < 4.78 is 6.74. The van der Waals surface area contributed by atoms with Gasteiger partial charge in [0.15, 0.2) is 0 Å². The Balaban J connectivity index is 2.07. The van der Waals surface area contributed by atoms with Crippen molar-refractivity contribution >= 4 is 5.91 Å². The first-order chi connectivity index (χ1) is 7.68. The van der Waals surface area contributed by atoms with Crippen molar-refractivity contribution in [1.82, 2.24) is 9.78 Å². The highest BCUT2D eigenvalue weighted by molar-refractivity contribution is 5.80. The molecule has 0 unspecified atom stereocenters. The maximum atomic E-state index is 12.1. The van der Waals surface area contributed by atoms with Crippen molar-refractivity contribution in [2.45, 2.75) is 32.6 Å². The number of rotatable bonds is 2. The third-order valence-electron chi connectivity index (χ3n) is 3.07. The minimum Gasteiger partial charge on any atom is -0.381 e. The van der Waals surface area contributed by atoms with E-state index in [1.165, 1.54) is 4.68 Å². The minimum atomic E-state index is 0.0775. The molecule has 1 saturated heterocycles. The molecule has 4 heteroatoms. The fourth-order valence-electron chi connectivity index (χ4n) is 1.89. The normalized spacial score (nSPS) is 17.9. The summed E-state index contributed by atoms with van der Waals surface area (Å²) in [6.07, 6.45) is 5.26. The smallest absolute Gasteiger partial charge is 0.250 e. The lowest BCUT2D eigenvalue weighted by molar-refractivity contribution is 0.0475. The van der Waals surface area contributed by atoms with Crippen molar-refractivity contribution in [2.75, 3.05) is 13.2 Å². The predicted octanol–water partition coefficient (Wildman–Crippen LogP) is 2.07. The van der Waals surface area contributed by atoms with Crippen LogP contribution < -0.4 is 0 Å². The van der Waals surface area contributed by atoms with Crippen molar-refractivity contribution in [3.05, 3.63) is 18.0 Å². The first kappa shape index (κ1) is 11.3. The average molecular weight is 222 g/mol. The van der Waals surface area contributed by atoms with Gasteiger partial charge in [-0.2, -0.15) is 5.10 Å². The van der Waals surface area contributed by atoms with Gasteiger partial charge in [-0.3, -0.25) is 4.79 Å². The molecule has 1 aliphatic rings. The molecule has 0 saturated carbocycles. The fraction of sp³-hybridized carbons (Fsp3) is 0.667. The lowest BCUT2D eigenvalue weighted by Gasteiger charge is -2.20. The second-order valence-corrected chi connectivity index (χ2v) is 4.60. The van der Waals surface area contributed by atoms with Gasteiger partial charge >= 0.3 is 0 Å². The Morgan fingerprint density at radius 2 is 2.19 bits per heavy atom. The molecule has 1 aromatic heterocycles. The molecule has 0 spiro atoms. The zero-order valence-electron chi connectivity index (χ0n) is 9.85. The zero-order valence-corrected chi connectivity index (χ0v) is 9.85. The molecular weight excluding hydrogens is 204 g/mol. The third-order valence-corrected chi connectivity index (χ3v) is 3.07. The topological polar surface area (TPSA) is 44.1 Å². The molecule has 0 aliphatic carbocycles. The Bertz CT molecular complexity index is 365. The minimum absolute atomic E-state index is 0.0775. The van der Waals surface area contributed by atoms with Gasteiger partial charge in [-0.1, -0.05) is 13.8 Å². The summed E-state index contributed by atoms with van der Waals surface area (Å²) in [4.78, 5) is 12.1. The highest BCUT2D eigenvalue weighted by Gasteiger charge is 2.23. The van der Waals surface area contributed by atoms with E-state index in [2.05, 4.69) is 18.9 Å². The van der Waals surface area contributed by atoms with Crippen molar-refractivity contribution < 1.29 is 9.53 Å². The Hall–Kier alpha value is -1.16. The molecule has 88 valence electrons. The highest BCUT2D eigenvalue weighted by atomic mass is 16.5. The van der Waals surface area contributed by atoms with Crippen LogP contribution in [0.2, 0.25) is 0 Å². The third kappa shape index (κ3) is 2.32. The molecule has 1 aliphatic heterocycles. The van der Waals surface area contributed by atoms with Gasteiger partial charge in [0.2, 0.25) is 5.91 Å². The van der Waals surface area contributed by atoms with Crippen LogP contribution >= 0.6 is 0 Å². The van der Waals surface area contributed by atoms with Crippen LogP contribution in [0.15, 0.2) is 12.4 Å². The second kappa shape index (κ2) is 4.78. The quantitative estimate of drug-likeness (QED) is 0.769. The lowest BCUT2D eigenvalue weighted by Crippen LogP contribution is -2.28. The summed E-state index contributed by atoms with van der Waals surface area (Å²) >= 11 is 0. The van der Waals surface area contributed by atoms with Crippen LogP contribution in [0.1, 0.15) is 43.0 Å². The number of hydrogen-bond acceptors (Lipinski definition) is 3. The van der Waals surface area contributed by atoms with Crippen LogP contribution in [0.4, 0.5) is 0 Å². The van der Waals surface area contributed by atoms with Gasteiger partial charge in [0.05, 0.1) is 6.20 Å². The van der Waals surface area contributed by atoms with Crippen LogP contribution in [0.3, 0.4) is 0 Å². The van der Waals surface area contributed by atoms with Gasteiger partial charge in [0.1, 0.15) is 0 Å². The van der Waals surface area contributed by atoms with E-state index in [1.54, 1.807) is 6.20 Å². The Morgan fingerprint density at radius 3 is 2.75 bits per heavy atom. The van der Waals surface area contributed by atoms with Gasteiger partial charge in [-0.25, -0.2) is 4.68 Å². The largest absolute Gasteiger partial charge is 0.381 e. The van der Waals surface area contributed by atoms with Gasteiger partial charge in [0, 0.05) is 25.3 Å². The maximum Gasteiger partial charge on any atom is 0.250 e. The van der Waals surface area contributed by atoms with Crippen LogP contribution in [-0.4, -0.2) is 28.9 Å². The summed E-state index contributed by atoms with van der Waals surface area (Å²) in [5.74, 6) is 0.597. The van der Waals surface area contributed by atoms with E-state index < -0.39 is 0 Å². The number of aromatic nitrogens is 2. The molecule has 1 aromatic rings. The SMILES string of the molecule is CC(C)c1cnn(C(=O)C2CCOCC2)c1. The van der Waals surface area contributed by atoms with E-state index in [4.69, 9.17) is 4.74 Å². The predicted molar refractivity (Wildman–Crippen MR) is 60.5 cm³/mol. The number of carbonyl (C=O) groups excluding carboxylic acids is 1. The van der Waals surface area contributed by atoms with E-state index in [1.807, 2.05) is 6.20 Å². The summed E-state index contributed by atoms with van der Waals surface area (Å²) in [5, 5.41) is 4.14. The number of carbonyl (C=O) groups is 1. The van der Waals surface area contributed by atoms with Crippen LogP contribution in [-0.2, 0) is 4.74 Å². The molecule has 16 heavy (non-hydrogen) atoms. The fourth-order valence-corrected chi connectivity index (χ4v) is 1.89. The summed E-state index contributed by atoms with van der Waals surface area (Å²) in [6.45, 7) is 5.57. The molecule has 1 fully saturated rings. The lowest BCUT2D eigenvalue weighted by atomic mass is 9.99. The Morgan fingerprint density at radius 1 is 1.50 bits per heavy atom. The first-order valence-electron chi connectivity index (χ1n) is 5.85. The van der Waals surface area contributed by atoms with Crippen molar-refractivity contribution in [2.24, 2.45) is 5.92 Å². The van der Waals surface area contributed by atoms with Crippen LogP contribution in [0, 0.1) is 5.92 Å². The monoisotopic (exact) mass is 222 g/mol. The summed E-state index contributed by atoms with van der Waals surface area (Å²) in [5.41, 5.74) is 1.11. The Kier molecular flexibility index (Phi) is 3.39. The number of ether oxygens (including phenoxy) is 1. The molecule has 0 aromatic carbocycles. The average Bonchev–Trinajstić information content (AvgIpc) is 2.78. The molecule has 4 nitrogen and oxygen atoms in total. The van der Waals surface area contributed by atoms with Crippen molar-refractivity contribution in [3.8, 4) is 0 Å². The summed E-state index contributed by atoms with van der Waals surface area (Å²) in [7, 11) is 0. The van der Waals surface area contributed by atoms with Crippen molar-refractivity contribution in [1.29, 1.82) is 0 Å². The van der Waals surface area contributed by atoms with Crippen LogP contribution in [0.5, 0.6) is 0 Å². The number of hydrogen-bond donors (Lipinski definition) is 0. The van der Waals surface area contributed by atoms with Gasteiger partial charge in [-0.15, -0.1) is 0 Å². The number of nitrogens with zero attached hydrogens (tertiary/aromatic N) is 2. The van der Waals surface area contributed by atoms with E-state index in [-0.39, 0.29) is 11.8 Å². The van der Waals surface area contributed by atoms with Crippen LogP contribution in [0.25, 0.3) is 0 Å². The van der Waals surface area contributed by atoms with Gasteiger partial charge in [-0.05, 0) is 24.3 Å². The van der Waals surface area contributed by atoms with E-state index in [9.17, 15) is 4.79 Å². The van der Waals surface area contributed by atoms with Gasteiger partial charge in [0.25, 0.3) is 0 Å². The molecule has 2 heterocycles.